The van der Waals surface area contributed by atoms with Gasteiger partial charge in [0.25, 0.3) is 5.91 Å². The van der Waals surface area contributed by atoms with E-state index >= 15 is 0 Å². The predicted molar refractivity (Wildman–Crippen MR) is 109 cm³/mol. The smallest absolute Gasteiger partial charge is 0.254 e. The number of hydrogen-bond acceptors (Lipinski definition) is 4. The van der Waals surface area contributed by atoms with Crippen LogP contribution in [0.15, 0.2) is 41.1 Å². The second-order valence-corrected chi connectivity index (χ2v) is 8.64. The third-order valence-corrected chi connectivity index (χ3v) is 6.25. The maximum Gasteiger partial charge on any atom is 0.254 e. The minimum Gasteiger partial charge on any atom is -0.373 e. The molecule has 0 radical (unpaired) electrons. The van der Waals surface area contributed by atoms with Crippen LogP contribution >= 0.6 is 11.3 Å². The zero-order valence-electron chi connectivity index (χ0n) is 16.1. The Balaban J connectivity index is 1.42. The van der Waals surface area contributed by atoms with Crippen molar-refractivity contribution in [1.29, 1.82) is 0 Å². The first kappa shape index (κ1) is 18.7. The molecule has 3 heterocycles. The molecule has 0 N–H and O–H groups in total. The number of likely N-dealkylation sites (tertiary alicyclic amines) is 1. The number of thiophene rings is 1. The average Bonchev–Trinajstić information content (AvgIpc) is 3.32. The lowest BCUT2D eigenvalue weighted by Crippen LogP contribution is -2.44. The van der Waals surface area contributed by atoms with E-state index in [1.54, 1.807) is 11.3 Å². The van der Waals surface area contributed by atoms with Gasteiger partial charge in [-0.15, -0.1) is 0 Å². The van der Waals surface area contributed by atoms with Gasteiger partial charge in [-0.25, -0.2) is 0 Å². The van der Waals surface area contributed by atoms with Crippen LogP contribution in [0.4, 0.5) is 0 Å². The van der Waals surface area contributed by atoms with Crippen molar-refractivity contribution in [3.8, 4) is 0 Å². The third kappa shape index (κ3) is 4.26. The highest BCUT2D eigenvalue weighted by atomic mass is 32.1. The quantitative estimate of drug-likeness (QED) is 0.786. The second-order valence-electron chi connectivity index (χ2n) is 7.86. The molecule has 2 aliphatic heterocycles. The van der Waals surface area contributed by atoms with Crippen LogP contribution in [0, 0.1) is 0 Å². The predicted octanol–water partition coefficient (Wildman–Crippen LogP) is 4.33. The van der Waals surface area contributed by atoms with Crippen LogP contribution in [0.5, 0.6) is 0 Å². The fourth-order valence-corrected chi connectivity index (χ4v) is 5.12. The summed E-state index contributed by atoms with van der Waals surface area (Å²) < 4.78 is 5.81. The molecule has 144 valence electrons. The van der Waals surface area contributed by atoms with Gasteiger partial charge in [0.2, 0.25) is 0 Å². The van der Waals surface area contributed by atoms with Crippen molar-refractivity contribution in [2.75, 3.05) is 19.6 Å². The van der Waals surface area contributed by atoms with Gasteiger partial charge in [0.05, 0.1) is 18.2 Å². The summed E-state index contributed by atoms with van der Waals surface area (Å²) in [5.41, 5.74) is 3.33. The van der Waals surface area contributed by atoms with Crippen molar-refractivity contribution < 1.29 is 9.53 Å². The number of nitrogens with zero attached hydrogens (tertiary/aromatic N) is 2. The first-order chi connectivity index (χ1) is 13.1. The van der Waals surface area contributed by atoms with Crippen molar-refractivity contribution in [3.05, 3.63) is 57.8 Å². The van der Waals surface area contributed by atoms with Crippen molar-refractivity contribution in [3.63, 3.8) is 0 Å². The van der Waals surface area contributed by atoms with Crippen molar-refractivity contribution in [1.82, 2.24) is 9.80 Å². The topological polar surface area (TPSA) is 32.8 Å². The highest BCUT2D eigenvalue weighted by molar-refractivity contribution is 7.08. The van der Waals surface area contributed by atoms with Crippen LogP contribution in [0.2, 0.25) is 0 Å². The number of amides is 1. The van der Waals surface area contributed by atoms with E-state index < -0.39 is 0 Å². The van der Waals surface area contributed by atoms with E-state index in [0.717, 1.165) is 44.6 Å². The SMILES string of the molecule is C[C@@H]1CN(Cc2ccc(C(=O)N3CCC[C@@H]3c3ccsc3)cc2)C[C@@H](C)O1. The van der Waals surface area contributed by atoms with Crippen LogP contribution in [-0.2, 0) is 11.3 Å². The number of rotatable bonds is 4. The van der Waals surface area contributed by atoms with E-state index in [1.165, 1.54) is 11.1 Å². The summed E-state index contributed by atoms with van der Waals surface area (Å²) in [6.07, 6.45) is 2.70. The number of ether oxygens (including phenoxy) is 1. The molecule has 1 aromatic heterocycles. The molecule has 0 bridgehead atoms. The summed E-state index contributed by atoms with van der Waals surface area (Å²) in [5.74, 6) is 0.156. The van der Waals surface area contributed by atoms with Gasteiger partial charge >= 0.3 is 0 Å². The lowest BCUT2D eigenvalue weighted by molar-refractivity contribution is -0.0704. The van der Waals surface area contributed by atoms with Gasteiger partial charge in [0, 0.05) is 31.7 Å². The molecule has 3 atom stereocenters. The van der Waals surface area contributed by atoms with Crippen LogP contribution in [0.3, 0.4) is 0 Å². The molecule has 4 rings (SSSR count). The molecule has 27 heavy (non-hydrogen) atoms. The fourth-order valence-electron chi connectivity index (χ4n) is 4.41. The maximum atomic E-state index is 13.0. The van der Waals surface area contributed by atoms with Crippen LogP contribution in [0.1, 0.15) is 54.2 Å². The number of carbonyl (C=O) groups excluding carboxylic acids is 1. The van der Waals surface area contributed by atoms with Crippen molar-refractivity contribution in [2.45, 2.75) is 51.5 Å². The van der Waals surface area contributed by atoms with Gasteiger partial charge in [-0.3, -0.25) is 9.69 Å². The molecular weight excluding hydrogens is 356 g/mol. The van der Waals surface area contributed by atoms with Crippen molar-refractivity contribution in [2.24, 2.45) is 0 Å². The number of carbonyl (C=O) groups is 1. The molecule has 1 aromatic carbocycles. The van der Waals surface area contributed by atoms with Gasteiger partial charge in [0.1, 0.15) is 0 Å². The number of morpholine rings is 1. The summed E-state index contributed by atoms with van der Waals surface area (Å²) >= 11 is 1.70. The van der Waals surface area contributed by atoms with Crippen LogP contribution in [0.25, 0.3) is 0 Å². The van der Waals surface area contributed by atoms with E-state index in [4.69, 9.17) is 4.74 Å². The Morgan fingerprint density at radius 1 is 1.15 bits per heavy atom. The standard InChI is InChI=1S/C22H28N2O2S/c1-16-12-23(13-17(2)26-16)14-18-5-7-19(8-6-18)22(25)24-10-3-4-21(24)20-9-11-27-15-20/h5-9,11,15-17,21H,3-4,10,12-14H2,1-2H3/t16-,17-,21-/m1/s1. The molecule has 0 spiro atoms. The van der Waals surface area contributed by atoms with E-state index in [2.05, 4.69) is 47.7 Å². The molecule has 2 aliphatic rings. The minimum absolute atomic E-state index is 0.156. The van der Waals surface area contributed by atoms with Crippen molar-refractivity contribution >= 4 is 17.2 Å². The molecule has 0 saturated carbocycles. The average molecular weight is 385 g/mol. The molecule has 5 heteroatoms. The monoisotopic (exact) mass is 384 g/mol. The van der Waals surface area contributed by atoms with Gasteiger partial charge < -0.3 is 9.64 Å². The zero-order valence-corrected chi connectivity index (χ0v) is 17.0. The third-order valence-electron chi connectivity index (χ3n) is 5.54. The molecule has 2 saturated heterocycles. The van der Waals surface area contributed by atoms with E-state index in [9.17, 15) is 4.79 Å². The van der Waals surface area contributed by atoms with Gasteiger partial charge in [-0.1, -0.05) is 12.1 Å². The molecule has 4 nitrogen and oxygen atoms in total. The Kier molecular flexibility index (Phi) is 5.62. The van der Waals surface area contributed by atoms with Crippen LogP contribution in [-0.4, -0.2) is 47.5 Å². The Morgan fingerprint density at radius 3 is 2.56 bits per heavy atom. The lowest BCUT2D eigenvalue weighted by atomic mass is 10.1. The Bertz CT molecular complexity index is 749. The first-order valence-corrected chi connectivity index (χ1v) is 10.8. The van der Waals surface area contributed by atoms with E-state index in [0.29, 0.717) is 0 Å². The summed E-state index contributed by atoms with van der Waals surface area (Å²) in [7, 11) is 0. The molecule has 2 aromatic rings. The molecule has 1 amide bonds. The highest BCUT2D eigenvalue weighted by Gasteiger charge is 2.30. The molecule has 0 unspecified atom stereocenters. The van der Waals surface area contributed by atoms with E-state index in [1.807, 2.05) is 17.0 Å². The summed E-state index contributed by atoms with van der Waals surface area (Å²) in [6, 6.07) is 10.6. The Labute approximate surface area is 165 Å². The zero-order chi connectivity index (χ0) is 18.8. The maximum absolute atomic E-state index is 13.0. The Hall–Kier alpha value is -1.69. The second kappa shape index (κ2) is 8.13. The minimum atomic E-state index is 0.156. The molecular formula is C22H28N2O2S. The lowest BCUT2D eigenvalue weighted by Gasteiger charge is -2.35. The van der Waals surface area contributed by atoms with Gasteiger partial charge in [0.15, 0.2) is 0 Å². The molecule has 2 fully saturated rings. The number of hydrogen-bond donors (Lipinski definition) is 0. The van der Waals surface area contributed by atoms with E-state index in [-0.39, 0.29) is 24.2 Å². The van der Waals surface area contributed by atoms with Crippen LogP contribution < -0.4 is 0 Å². The van der Waals surface area contributed by atoms with Gasteiger partial charge in [-0.2, -0.15) is 11.3 Å². The Morgan fingerprint density at radius 2 is 1.89 bits per heavy atom. The first-order valence-electron chi connectivity index (χ1n) is 9.90. The molecule has 0 aliphatic carbocycles. The summed E-state index contributed by atoms with van der Waals surface area (Å²) in [6.45, 7) is 7.94. The summed E-state index contributed by atoms with van der Waals surface area (Å²) in [5, 5.41) is 4.27. The van der Waals surface area contributed by atoms with Gasteiger partial charge in [-0.05, 0) is 66.8 Å². The summed E-state index contributed by atoms with van der Waals surface area (Å²) in [4.78, 5) is 17.5. The normalized spacial score (nSPS) is 26.4. The largest absolute Gasteiger partial charge is 0.373 e. The fraction of sp³-hybridized carbons (Fsp3) is 0.500. The number of benzene rings is 1. The highest BCUT2D eigenvalue weighted by Crippen LogP contribution is 2.34.